The molecule has 1 unspecified atom stereocenters. The van der Waals surface area contributed by atoms with Crippen molar-refractivity contribution in [1.82, 2.24) is 19.4 Å². The van der Waals surface area contributed by atoms with Crippen LogP contribution in [-0.4, -0.2) is 62.4 Å². The molecular weight excluding hydrogens is 565 g/mol. The SMILES string of the molecule is CCC(C)(Cn1c(CN2CCC(Oc3cccc(COc4ccc(C#N)cc4F)n3)CC2)nc2ccc(C(=O)O)cc21)OC. The number of hydrogen-bond acceptors (Lipinski definition) is 8. The minimum absolute atomic E-state index is 0.0142. The minimum Gasteiger partial charge on any atom is -0.484 e. The second kappa shape index (κ2) is 13.4. The summed E-state index contributed by atoms with van der Waals surface area (Å²) in [5.74, 6) is -0.157. The largest absolute Gasteiger partial charge is 0.484 e. The predicted octanol–water partition coefficient (Wildman–Crippen LogP) is 5.58. The van der Waals surface area contributed by atoms with Crippen LogP contribution in [0.15, 0.2) is 54.6 Å². The molecule has 0 radical (unpaired) electrons. The molecule has 1 saturated heterocycles. The van der Waals surface area contributed by atoms with Gasteiger partial charge < -0.3 is 23.9 Å². The fourth-order valence-corrected chi connectivity index (χ4v) is 5.26. The standard InChI is InChI=1S/C33H36FN5O5/c1-4-33(2,42-3)21-39-28-17-23(32(40)41)9-10-27(28)37-30(39)19-38-14-12-25(13-15-38)44-31-7-5-6-24(36-31)20-43-29-11-8-22(18-35)16-26(29)34/h5-11,16-17,25H,4,12-15,19-21H2,1-3H3,(H,40,41). The molecule has 0 bridgehead atoms. The van der Waals surface area contributed by atoms with Crippen LogP contribution < -0.4 is 9.47 Å². The smallest absolute Gasteiger partial charge is 0.335 e. The van der Waals surface area contributed by atoms with Gasteiger partial charge in [-0.05, 0) is 68.7 Å². The van der Waals surface area contributed by atoms with Crippen LogP contribution in [0, 0.1) is 17.1 Å². The van der Waals surface area contributed by atoms with E-state index in [1.165, 1.54) is 12.1 Å². The van der Waals surface area contributed by atoms with Gasteiger partial charge in [0.2, 0.25) is 5.88 Å². The van der Waals surface area contributed by atoms with E-state index in [9.17, 15) is 14.3 Å². The number of methoxy groups -OCH3 is 1. The zero-order chi connectivity index (χ0) is 31.3. The Bertz CT molecular complexity index is 1670. The van der Waals surface area contributed by atoms with Gasteiger partial charge in [0.1, 0.15) is 18.5 Å². The van der Waals surface area contributed by atoms with E-state index in [2.05, 4.69) is 21.4 Å². The third-order valence-corrected chi connectivity index (χ3v) is 8.21. The fraction of sp³-hybridized carbons (Fsp3) is 0.394. The number of fused-ring (bicyclic) bond motifs is 1. The lowest BCUT2D eigenvalue weighted by Gasteiger charge is -2.32. The van der Waals surface area contributed by atoms with E-state index in [0.29, 0.717) is 24.7 Å². The Balaban J connectivity index is 1.21. The van der Waals surface area contributed by atoms with Gasteiger partial charge in [-0.25, -0.2) is 19.2 Å². The number of halogens is 1. The van der Waals surface area contributed by atoms with E-state index in [1.807, 2.05) is 19.1 Å². The normalized spacial score (nSPS) is 15.5. The summed E-state index contributed by atoms with van der Waals surface area (Å²) in [6.45, 7) is 6.94. The zero-order valence-electron chi connectivity index (χ0n) is 25.1. The number of nitrogens with zero attached hydrogens (tertiary/aromatic N) is 5. The number of carboxylic acids is 1. The summed E-state index contributed by atoms with van der Waals surface area (Å²) in [5.41, 5.74) is 2.17. The third kappa shape index (κ3) is 7.15. The summed E-state index contributed by atoms with van der Waals surface area (Å²) in [6.07, 6.45) is 2.37. The number of ether oxygens (including phenoxy) is 3. The van der Waals surface area contributed by atoms with E-state index in [1.54, 1.807) is 37.4 Å². The van der Waals surface area contributed by atoms with Gasteiger partial charge in [0, 0.05) is 26.3 Å². The first-order chi connectivity index (χ1) is 21.2. The quantitative estimate of drug-likeness (QED) is 0.222. The Morgan fingerprint density at radius 3 is 2.64 bits per heavy atom. The number of piperidine rings is 1. The van der Waals surface area contributed by atoms with Gasteiger partial charge in [0.05, 0.1) is 52.6 Å². The maximum atomic E-state index is 14.2. The number of likely N-dealkylation sites (tertiary alicyclic amines) is 1. The van der Waals surface area contributed by atoms with Gasteiger partial charge >= 0.3 is 5.97 Å². The topological polar surface area (TPSA) is 123 Å². The van der Waals surface area contributed by atoms with Crippen molar-refractivity contribution in [2.24, 2.45) is 0 Å². The lowest BCUT2D eigenvalue weighted by molar-refractivity contribution is -0.0116. The molecule has 0 spiro atoms. The molecule has 230 valence electrons. The van der Waals surface area contributed by atoms with E-state index in [4.69, 9.17) is 24.5 Å². The summed E-state index contributed by atoms with van der Waals surface area (Å²) >= 11 is 0. The second-order valence-corrected chi connectivity index (χ2v) is 11.2. The van der Waals surface area contributed by atoms with Crippen LogP contribution in [0.5, 0.6) is 11.6 Å². The molecule has 3 heterocycles. The number of rotatable bonds is 12. The average Bonchev–Trinajstić information content (AvgIpc) is 3.36. The van der Waals surface area contributed by atoms with Crippen LogP contribution in [0.2, 0.25) is 0 Å². The number of benzene rings is 2. The molecule has 11 heteroatoms. The number of aromatic nitrogens is 3. The van der Waals surface area contributed by atoms with Crippen molar-refractivity contribution >= 4 is 17.0 Å². The van der Waals surface area contributed by atoms with Crippen LogP contribution in [0.25, 0.3) is 11.0 Å². The first-order valence-electron chi connectivity index (χ1n) is 14.6. The van der Waals surface area contributed by atoms with Crippen molar-refractivity contribution in [3.8, 4) is 17.7 Å². The number of pyridine rings is 1. The first-order valence-corrected chi connectivity index (χ1v) is 14.6. The van der Waals surface area contributed by atoms with Gasteiger partial charge in [-0.1, -0.05) is 13.0 Å². The summed E-state index contributed by atoms with van der Waals surface area (Å²) in [4.78, 5) is 23.4. The monoisotopic (exact) mass is 601 g/mol. The van der Waals surface area contributed by atoms with Gasteiger partial charge in [-0.3, -0.25) is 4.90 Å². The molecule has 0 saturated carbocycles. The molecule has 0 aliphatic carbocycles. The van der Waals surface area contributed by atoms with Crippen LogP contribution in [0.1, 0.15) is 60.5 Å². The summed E-state index contributed by atoms with van der Waals surface area (Å²) in [6, 6.07) is 16.4. The Kier molecular flexibility index (Phi) is 9.42. The van der Waals surface area contributed by atoms with Gasteiger partial charge in [-0.15, -0.1) is 0 Å². The van der Waals surface area contributed by atoms with E-state index in [0.717, 1.165) is 55.3 Å². The number of imidazole rings is 1. The molecule has 44 heavy (non-hydrogen) atoms. The highest BCUT2D eigenvalue weighted by atomic mass is 19.1. The van der Waals surface area contributed by atoms with Crippen molar-refractivity contribution in [1.29, 1.82) is 5.26 Å². The van der Waals surface area contributed by atoms with Crippen molar-refractivity contribution < 1.29 is 28.5 Å². The van der Waals surface area contributed by atoms with Crippen LogP contribution in [0.4, 0.5) is 4.39 Å². The van der Waals surface area contributed by atoms with E-state index in [-0.39, 0.29) is 29.6 Å². The number of hydrogen-bond donors (Lipinski definition) is 1. The molecular formula is C33H36FN5O5. The molecule has 5 rings (SSSR count). The number of carbonyl (C=O) groups is 1. The molecule has 1 N–H and O–H groups in total. The Hall–Kier alpha value is -4.53. The summed E-state index contributed by atoms with van der Waals surface area (Å²) < 4.78 is 33.9. The molecule has 1 fully saturated rings. The number of carboxylic acid groups (broad SMARTS) is 1. The van der Waals surface area contributed by atoms with Crippen LogP contribution >= 0.6 is 0 Å². The summed E-state index contributed by atoms with van der Waals surface area (Å²) in [7, 11) is 1.70. The highest BCUT2D eigenvalue weighted by Crippen LogP contribution is 2.27. The van der Waals surface area contributed by atoms with E-state index < -0.39 is 17.4 Å². The average molecular weight is 602 g/mol. The maximum absolute atomic E-state index is 14.2. The zero-order valence-corrected chi connectivity index (χ0v) is 25.1. The van der Waals surface area contributed by atoms with Gasteiger partial charge in [0.25, 0.3) is 0 Å². The molecule has 1 atom stereocenters. The molecule has 0 amide bonds. The van der Waals surface area contributed by atoms with Crippen LogP contribution in [-0.2, 0) is 24.4 Å². The van der Waals surface area contributed by atoms with Crippen LogP contribution in [0.3, 0.4) is 0 Å². The van der Waals surface area contributed by atoms with Crippen molar-refractivity contribution in [3.63, 3.8) is 0 Å². The second-order valence-electron chi connectivity index (χ2n) is 11.2. The molecule has 2 aromatic heterocycles. The minimum atomic E-state index is -0.971. The molecule has 1 aliphatic heterocycles. The van der Waals surface area contributed by atoms with Gasteiger partial charge in [-0.2, -0.15) is 5.26 Å². The fourth-order valence-electron chi connectivity index (χ4n) is 5.26. The molecule has 4 aromatic rings. The Labute approximate surface area is 255 Å². The van der Waals surface area contributed by atoms with Crippen molar-refractivity contribution in [2.45, 2.75) is 64.5 Å². The number of aromatic carboxylic acids is 1. The Morgan fingerprint density at radius 2 is 1.95 bits per heavy atom. The third-order valence-electron chi connectivity index (χ3n) is 8.21. The van der Waals surface area contributed by atoms with Crippen molar-refractivity contribution in [2.75, 3.05) is 20.2 Å². The highest BCUT2D eigenvalue weighted by molar-refractivity contribution is 5.92. The summed E-state index contributed by atoms with van der Waals surface area (Å²) in [5, 5.41) is 18.5. The number of nitriles is 1. The predicted molar refractivity (Wildman–Crippen MR) is 161 cm³/mol. The molecule has 2 aromatic carbocycles. The van der Waals surface area contributed by atoms with E-state index >= 15 is 0 Å². The first kappa shape index (κ1) is 30.9. The lowest BCUT2D eigenvalue weighted by atomic mass is 10.0. The van der Waals surface area contributed by atoms with Crippen molar-refractivity contribution in [3.05, 3.63) is 83.1 Å². The Morgan fingerprint density at radius 1 is 1.16 bits per heavy atom. The molecule has 1 aliphatic rings. The lowest BCUT2D eigenvalue weighted by Crippen LogP contribution is -2.39. The van der Waals surface area contributed by atoms with Gasteiger partial charge in [0.15, 0.2) is 11.6 Å². The highest BCUT2D eigenvalue weighted by Gasteiger charge is 2.27. The maximum Gasteiger partial charge on any atom is 0.335 e. The molecule has 10 nitrogen and oxygen atoms in total.